The van der Waals surface area contributed by atoms with Crippen LogP contribution in [0, 0.1) is 0 Å². The van der Waals surface area contributed by atoms with E-state index in [1.807, 2.05) is 24.3 Å². The van der Waals surface area contributed by atoms with Crippen LogP contribution in [0.1, 0.15) is 13.8 Å². The minimum absolute atomic E-state index is 0.338. The molecule has 2 nitrogen and oxygen atoms in total. The van der Waals surface area contributed by atoms with Crippen molar-refractivity contribution in [2.75, 3.05) is 5.32 Å². The Kier molecular flexibility index (Phi) is 3.59. The van der Waals surface area contributed by atoms with E-state index in [-0.39, 0.29) is 0 Å². The molecule has 0 saturated heterocycles. The molecule has 88 valence electrons. The Morgan fingerprint density at radius 1 is 1.06 bits per heavy atom. The van der Waals surface area contributed by atoms with Gasteiger partial charge in [0.2, 0.25) is 0 Å². The third-order valence-electron chi connectivity index (χ3n) is 2.46. The molecule has 2 rings (SSSR count). The molecule has 17 heavy (non-hydrogen) atoms. The maximum Gasteiger partial charge on any atom is 0.170 e. The van der Waals surface area contributed by atoms with Gasteiger partial charge in [0.05, 0.1) is 0 Å². The van der Waals surface area contributed by atoms with Gasteiger partial charge in [-0.25, -0.2) is 0 Å². The largest absolute Gasteiger partial charge is 0.360 e. The number of fused-ring (bicyclic) bond motifs is 1. The van der Waals surface area contributed by atoms with Gasteiger partial charge >= 0.3 is 0 Å². The molecule has 0 aromatic heterocycles. The van der Waals surface area contributed by atoms with Crippen LogP contribution in [-0.4, -0.2) is 11.2 Å². The summed E-state index contributed by atoms with van der Waals surface area (Å²) in [6, 6.07) is 14.8. The molecule has 0 unspecified atom stereocenters. The molecule has 2 aromatic carbocycles. The minimum atomic E-state index is 0.338. The zero-order valence-electron chi connectivity index (χ0n) is 10.0. The Balaban J connectivity index is 2.27. The van der Waals surface area contributed by atoms with E-state index in [2.05, 4.69) is 42.7 Å². The molecule has 0 atom stereocenters. The second-order valence-corrected chi connectivity index (χ2v) is 4.69. The molecule has 0 spiro atoms. The van der Waals surface area contributed by atoms with Crippen LogP contribution in [0.15, 0.2) is 42.5 Å². The summed E-state index contributed by atoms with van der Waals surface area (Å²) < 4.78 is 0. The van der Waals surface area contributed by atoms with E-state index in [1.165, 1.54) is 10.8 Å². The second-order valence-electron chi connectivity index (χ2n) is 4.28. The topological polar surface area (TPSA) is 24.1 Å². The van der Waals surface area contributed by atoms with Gasteiger partial charge in [-0.3, -0.25) is 0 Å². The van der Waals surface area contributed by atoms with E-state index < -0.39 is 0 Å². The molecule has 0 amide bonds. The summed E-state index contributed by atoms with van der Waals surface area (Å²) in [5.41, 5.74) is 1.04. The first kappa shape index (κ1) is 11.9. The number of hydrogen-bond donors (Lipinski definition) is 2. The van der Waals surface area contributed by atoms with Crippen molar-refractivity contribution in [2.45, 2.75) is 19.9 Å². The van der Waals surface area contributed by atoms with Crippen LogP contribution < -0.4 is 10.6 Å². The molecule has 0 aliphatic rings. The maximum atomic E-state index is 5.25. The molecule has 0 heterocycles. The van der Waals surface area contributed by atoms with E-state index in [0.29, 0.717) is 11.2 Å². The molecule has 0 radical (unpaired) electrons. The zero-order chi connectivity index (χ0) is 12.3. The van der Waals surface area contributed by atoms with Gasteiger partial charge in [-0.05, 0) is 37.5 Å². The predicted octanol–water partition coefficient (Wildman–Crippen LogP) is 3.53. The molecule has 2 N–H and O–H groups in total. The fraction of sp³-hybridized carbons (Fsp3) is 0.214. The van der Waals surface area contributed by atoms with Gasteiger partial charge in [-0.2, -0.15) is 0 Å². The number of thiocarbonyl (C=S) groups is 1. The molecule has 2 aromatic rings. The van der Waals surface area contributed by atoms with Crippen LogP contribution >= 0.6 is 12.2 Å². The standard InChI is InChI=1S/C14H16N2S/c1-10(2)15-14(17)16-13-9-5-7-11-6-3-4-8-12(11)13/h3-10H,1-2H3,(H2,15,16,17). The van der Waals surface area contributed by atoms with E-state index in [4.69, 9.17) is 12.2 Å². The van der Waals surface area contributed by atoms with Crippen LogP contribution in [0.25, 0.3) is 10.8 Å². The lowest BCUT2D eigenvalue weighted by Crippen LogP contribution is -2.33. The highest BCUT2D eigenvalue weighted by Gasteiger charge is 2.02. The van der Waals surface area contributed by atoms with Gasteiger partial charge < -0.3 is 10.6 Å². The summed E-state index contributed by atoms with van der Waals surface area (Å²) in [5, 5.41) is 9.47. The molecule has 0 aliphatic heterocycles. The monoisotopic (exact) mass is 244 g/mol. The van der Waals surface area contributed by atoms with Crippen molar-refractivity contribution in [3.63, 3.8) is 0 Å². The van der Waals surface area contributed by atoms with Gasteiger partial charge in [0, 0.05) is 17.1 Å². The van der Waals surface area contributed by atoms with E-state index in [1.54, 1.807) is 0 Å². The third-order valence-corrected chi connectivity index (χ3v) is 2.68. The molecule has 3 heteroatoms. The molecular weight excluding hydrogens is 228 g/mol. The zero-order valence-corrected chi connectivity index (χ0v) is 10.8. The highest BCUT2D eigenvalue weighted by atomic mass is 32.1. The minimum Gasteiger partial charge on any atom is -0.360 e. The lowest BCUT2D eigenvalue weighted by molar-refractivity contribution is 0.739. The molecule has 0 fully saturated rings. The number of hydrogen-bond acceptors (Lipinski definition) is 1. The average Bonchev–Trinajstić information content (AvgIpc) is 2.28. The van der Waals surface area contributed by atoms with Crippen LogP contribution in [0.4, 0.5) is 5.69 Å². The fourth-order valence-corrected chi connectivity index (χ4v) is 2.10. The lowest BCUT2D eigenvalue weighted by Gasteiger charge is -2.14. The van der Waals surface area contributed by atoms with Crippen molar-refractivity contribution in [3.05, 3.63) is 42.5 Å². The SMILES string of the molecule is CC(C)NC(=S)Nc1cccc2ccccc12. The second kappa shape index (κ2) is 5.15. The summed E-state index contributed by atoms with van der Waals surface area (Å²) >= 11 is 5.25. The number of nitrogens with one attached hydrogen (secondary N) is 2. The van der Waals surface area contributed by atoms with E-state index in [9.17, 15) is 0 Å². The molecular formula is C14H16N2S. The van der Waals surface area contributed by atoms with Crippen LogP contribution in [0.3, 0.4) is 0 Å². The normalized spacial score (nSPS) is 10.5. The Hall–Kier alpha value is -1.61. The summed E-state index contributed by atoms with van der Waals surface area (Å²) in [7, 11) is 0. The maximum absolute atomic E-state index is 5.25. The first-order valence-corrected chi connectivity index (χ1v) is 6.13. The van der Waals surface area contributed by atoms with Gasteiger partial charge in [0.15, 0.2) is 5.11 Å². The lowest BCUT2D eigenvalue weighted by atomic mass is 10.1. The summed E-state index contributed by atoms with van der Waals surface area (Å²) in [6.07, 6.45) is 0. The van der Waals surface area contributed by atoms with E-state index in [0.717, 1.165) is 5.69 Å². The fourth-order valence-electron chi connectivity index (χ4n) is 1.75. The summed E-state index contributed by atoms with van der Waals surface area (Å²) in [4.78, 5) is 0. The number of anilines is 1. The molecule has 0 saturated carbocycles. The average molecular weight is 244 g/mol. The summed E-state index contributed by atoms with van der Waals surface area (Å²) in [5.74, 6) is 0. The van der Waals surface area contributed by atoms with Crippen molar-refractivity contribution < 1.29 is 0 Å². The Morgan fingerprint density at radius 2 is 1.76 bits per heavy atom. The molecule has 0 aliphatic carbocycles. The Labute approximate surface area is 107 Å². The van der Waals surface area contributed by atoms with Crippen LogP contribution in [0.2, 0.25) is 0 Å². The van der Waals surface area contributed by atoms with Crippen molar-refractivity contribution in [1.29, 1.82) is 0 Å². The predicted molar refractivity (Wildman–Crippen MR) is 78.4 cm³/mol. The van der Waals surface area contributed by atoms with Crippen molar-refractivity contribution >= 4 is 33.8 Å². The highest BCUT2D eigenvalue weighted by molar-refractivity contribution is 7.80. The third kappa shape index (κ3) is 2.94. The van der Waals surface area contributed by atoms with Gasteiger partial charge in [-0.15, -0.1) is 0 Å². The Morgan fingerprint density at radius 3 is 2.53 bits per heavy atom. The van der Waals surface area contributed by atoms with Gasteiger partial charge in [0.1, 0.15) is 0 Å². The quantitative estimate of drug-likeness (QED) is 0.790. The first-order valence-electron chi connectivity index (χ1n) is 5.72. The van der Waals surface area contributed by atoms with E-state index >= 15 is 0 Å². The highest BCUT2D eigenvalue weighted by Crippen LogP contribution is 2.22. The van der Waals surface area contributed by atoms with Crippen LogP contribution in [0.5, 0.6) is 0 Å². The number of rotatable bonds is 2. The Bertz CT molecular complexity index is 529. The number of benzene rings is 2. The van der Waals surface area contributed by atoms with Crippen LogP contribution in [-0.2, 0) is 0 Å². The summed E-state index contributed by atoms with van der Waals surface area (Å²) in [6.45, 7) is 4.13. The van der Waals surface area contributed by atoms with Gasteiger partial charge in [0.25, 0.3) is 0 Å². The van der Waals surface area contributed by atoms with Gasteiger partial charge in [-0.1, -0.05) is 36.4 Å². The smallest absolute Gasteiger partial charge is 0.170 e. The first-order chi connectivity index (χ1) is 8.16. The van der Waals surface area contributed by atoms with Crippen molar-refractivity contribution in [3.8, 4) is 0 Å². The van der Waals surface area contributed by atoms with Crippen molar-refractivity contribution in [2.24, 2.45) is 0 Å². The molecule has 0 bridgehead atoms. The van der Waals surface area contributed by atoms with Crippen molar-refractivity contribution in [1.82, 2.24) is 5.32 Å².